The SMILES string of the molecule is COc1ccc(S[C@H](C)C(=O)Nc2ccc(Oc3ccccc3)cc2)cc1. The lowest BCUT2D eigenvalue weighted by molar-refractivity contribution is -0.115. The van der Waals surface area contributed by atoms with Crippen molar-refractivity contribution in [2.24, 2.45) is 0 Å². The summed E-state index contributed by atoms with van der Waals surface area (Å²) in [6.45, 7) is 1.89. The van der Waals surface area contributed by atoms with E-state index in [4.69, 9.17) is 9.47 Å². The number of thioether (sulfide) groups is 1. The van der Waals surface area contributed by atoms with Gasteiger partial charge in [-0.05, 0) is 67.6 Å². The maximum Gasteiger partial charge on any atom is 0.237 e. The Labute approximate surface area is 163 Å². The van der Waals surface area contributed by atoms with Crippen molar-refractivity contribution in [2.75, 3.05) is 12.4 Å². The summed E-state index contributed by atoms with van der Waals surface area (Å²) in [6.07, 6.45) is 0. The standard InChI is InChI=1S/C22H21NO3S/c1-16(27-21-14-12-18(25-2)13-15-21)22(24)23-17-8-10-20(11-9-17)26-19-6-4-3-5-7-19/h3-16H,1-2H3,(H,23,24)/t16-/m1/s1. The van der Waals surface area contributed by atoms with Crippen LogP contribution in [-0.2, 0) is 4.79 Å². The number of hydrogen-bond donors (Lipinski definition) is 1. The predicted octanol–water partition coefficient (Wildman–Crippen LogP) is 5.61. The third kappa shape index (κ3) is 5.53. The minimum atomic E-state index is -0.223. The third-order valence-corrected chi connectivity index (χ3v) is 4.95. The van der Waals surface area contributed by atoms with Gasteiger partial charge in [0.2, 0.25) is 5.91 Å². The Morgan fingerprint density at radius 1 is 0.852 bits per heavy atom. The third-order valence-electron chi connectivity index (χ3n) is 3.84. The summed E-state index contributed by atoms with van der Waals surface area (Å²) in [6, 6.07) is 24.6. The fourth-order valence-electron chi connectivity index (χ4n) is 2.39. The highest BCUT2D eigenvalue weighted by Gasteiger charge is 2.14. The van der Waals surface area contributed by atoms with E-state index < -0.39 is 0 Å². The van der Waals surface area contributed by atoms with Crippen LogP contribution >= 0.6 is 11.8 Å². The predicted molar refractivity (Wildman–Crippen MR) is 110 cm³/mol. The van der Waals surface area contributed by atoms with Gasteiger partial charge in [0.05, 0.1) is 12.4 Å². The molecule has 0 radical (unpaired) electrons. The van der Waals surface area contributed by atoms with Crippen molar-refractivity contribution in [3.05, 3.63) is 78.9 Å². The lowest BCUT2D eigenvalue weighted by atomic mass is 10.3. The first-order valence-corrected chi connectivity index (χ1v) is 9.46. The zero-order valence-corrected chi connectivity index (χ0v) is 16.0. The van der Waals surface area contributed by atoms with Crippen LogP contribution in [-0.4, -0.2) is 18.3 Å². The first-order valence-electron chi connectivity index (χ1n) is 8.58. The number of nitrogens with one attached hydrogen (secondary N) is 1. The molecular weight excluding hydrogens is 358 g/mol. The first-order chi connectivity index (χ1) is 13.1. The van der Waals surface area contributed by atoms with Crippen molar-refractivity contribution in [3.8, 4) is 17.2 Å². The Morgan fingerprint density at radius 2 is 1.44 bits per heavy atom. The van der Waals surface area contributed by atoms with Gasteiger partial charge in [-0.25, -0.2) is 0 Å². The average molecular weight is 379 g/mol. The normalized spacial score (nSPS) is 11.5. The molecule has 0 saturated carbocycles. The number of para-hydroxylation sites is 1. The molecule has 1 atom stereocenters. The summed E-state index contributed by atoms with van der Waals surface area (Å²) in [5.74, 6) is 2.25. The van der Waals surface area contributed by atoms with E-state index in [1.807, 2.05) is 85.8 Å². The van der Waals surface area contributed by atoms with Crippen molar-refractivity contribution in [3.63, 3.8) is 0 Å². The minimum Gasteiger partial charge on any atom is -0.497 e. The van der Waals surface area contributed by atoms with Gasteiger partial charge in [-0.2, -0.15) is 0 Å². The lowest BCUT2D eigenvalue weighted by Gasteiger charge is -2.13. The molecule has 138 valence electrons. The zero-order chi connectivity index (χ0) is 19.1. The van der Waals surface area contributed by atoms with Crippen LogP contribution in [0.3, 0.4) is 0 Å². The van der Waals surface area contributed by atoms with Crippen molar-refractivity contribution in [2.45, 2.75) is 17.1 Å². The smallest absolute Gasteiger partial charge is 0.237 e. The molecule has 0 unspecified atom stereocenters. The molecular formula is C22H21NO3S. The van der Waals surface area contributed by atoms with Crippen molar-refractivity contribution < 1.29 is 14.3 Å². The Bertz CT molecular complexity index is 864. The molecule has 3 rings (SSSR count). The van der Waals surface area contributed by atoms with Gasteiger partial charge in [-0.15, -0.1) is 11.8 Å². The number of methoxy groups -OCH3 is 1. The van der Waals surface area contributed by atoms with E-state index >= 15 is 0 Å². The summed E-state index contributed by atoms with van der Waals surface area (Å²) in [4.78, 5) is 13.4. The van der Waals surface area contributed by atoms with Crippen LogP contribution in [0.4, 0.5) is 5.69 Å². The Hall–Kier alpha value is -2.92. The molecule has 0 saturated heterocycles. The van der Waals surface area contributed by atoms with Gasteiger partial charge >= 0.3 is 0 Å². The number of carbonyl (C=O) groups excluding carboxylic acids is 1. The van der Waals surface area contributed by atoms with Gasteiger partial charge in [-0.3, -0.25) is 4.79 Å². The van der Waals surface area contributed by atoms with Crippen LogP contribution in [0.2, 0.25) is 0 Å². The molecule has 0 aliphatic rings. The second kappa shape index (κ2) is 9.14. The van der Waals surface area contributed by atoms with Crippen LogP contribution in [0, 0.1) is 0 Å². The maximum atomic E-state index is 12.4. The molecule has 4 nitrogen and oxygen atoms in total. The molecule has 0 aromatic heterocycles. The Balaban J connectivity index is 1.54. The maximum absolute atomic E-state index is 12.4. The molecule has 27 heavy (non-hydrogen) atoms. The molecule has 5 heteroatoms. The number of rotatable bonds is 7. The van der Waals surface area contributed by atoms with Gasteiger partial charge in [0.15, 0.2) is 0 Å². The van der Waals surface area contributed by atoms with Gasteiger partial charge < -0.3 is 14.8 Å². The molecule has 0 spiro atoms. The monoisotopic (exact) mass is 379 g/mol. The van der Waals surface area contributed by atoms with Crippen LogP contribution in [0.15, 0.2) is 83.8 Å². The molecule has 0 heterocycles. The number of hydrogen-bond acceptors (Lipinski definition) is 4. The fraction of sp³-hybridized carbons (Fsp3) is 0.136. The van der Waals surface area contributed by atoms with E-state index in [0.717, 1.165) is 27.8 Å². The van der Waals surface area contributed by atoms with Crippen LogP contribution < -0.4 is 14.8 Å². The second-order valence-corrected chi connectivity index (χ2v) is 7.28. The quantitative estimate of drug-likeness (QED) is 0.542. The van der Waals surface area contributed by atoms with Crippen LogP contribution in [0.25, 0.3) is 0 Å². The summed E-state index contributed by atoms with van der Waals surface area (Å²) >= 11 is 1.50. The van der Waals surface area contributed by atoms with E-state index in [2.05, 4.69) is 5.32 Å². The highest BCUT2D eigenvalue weighted by molar-refractivity contribution is 8.00. The molecule has 1 amide bonds. The topological polar surface area (TPSA) is 47.6 Å². The van der Waals surface area contributed by atoms with Crippen molar-refractivity contribution in [1.82, 2.24) is 0 Å². The van der Waals surface area contributed by atoms with Crippen LogP contribution in [0.5, 0.6) is 17.2 Å². The molecule has 0 bridgehead atoms. The summed E-state index contributed by atoms with van der Waals surface area (Å²) in [5, 5.41) is 2.71. The van der Waals surface area contributed by atoms with E-state index in [0.29, 0.717) is 0 Å². The largest absolute Gasteiger partial charge is 0.497 e. The highest BCUT2D eigenvalue weighted by Crippen LogP contribution is 2.27. The van der Waals surface area contributed by atoms with Crippen molar-refractivity contribution >= 4 is 23.4 Å². The molecule has 0 fully saturated rings. The average Bonchev–Trinajstić information content (AvgIpc) is 2.71. The molecule has 3 aromatic carbocycles. The minimum absolute atomic E-state index is 0.0486. The number of carbonyl (C=O) groups is 1. The molecule has 0 aliphatic heterocycles. The zero-order valence-electron chi connectivity index (χ0n) is 15.2. The number of amides is 1. The van der Waals surface area contributed by atoms with Gasteiger partial charge in [0.25, 0.3) is 0 Å². The van der Waals surface area contributed by atoms with E-state index in [-0.39, 0.29) is 11.2 Å². The summed E-state index contributed by atoms with van der Waals surface area (Å²) in [5.41, 5.74) is 0.739. The van der Waals surface area contributed by atoms with E-state index in [9.17, 15) is 4.79 Å². The lowest BCUT2D eigenvalue weighted by Crippen LogP contribution is -2.22. The molecule has 0 aliphatic carbocycles. The van der Waals surface area contributed by atoms with E-state index in [1.54, 1.807) is 7.11 Å². The number of ether oxygens (including phenoxy) is 2. The van der Waals surface area contributed by atoms with Gasteiger partial charge in [-0.1, -0.05) is 18.2 Å². The summed E-state index contributed by atoms with van der Waals surface area (Å²) < 4.78 is 10.9. The van der Waals surface area contributed by atoms with Gasteiger partial charge in [0.1, 0.15) is 17.2 Å². The van der Waals surface area contributed by atoms with Crippen molar-refractivity contribution in [1.29, 1.82) is 0 Å². The summed E-state index contributed by atoms with van der Waals surface area (Å²) in [7, 11) is 1.63. The van der Waals surface area contributed by atoms with Crippen LogP contribution in [0.1, 0.15) is 6.92 Å². The Morgan fingerprint density at radius 3 is 2.07 bits per heavy atom. The number of benzene rings is 3. The highest BCUT2D eigenvalue weighted by atomic mass is 32.2. The Kier molecular flexibility index (Phi) is 6.39. The number of anilines is 1. The van der Waals surface area contributed by atoms with Gasteiger partial charge in [0, 0.05) is 10.6 Å². The van der Waals surface area contributed by atoms with E-state index in [1.165, 1.54) is 11.8 Å². The second-order valence-electron chi connectivity index (χ2n) is 5.86. The fourth-order valence-corrected chi connectivity index (χ4v) is 3.25. The molecule has 3 aromatic rings. The first kappa shape index (κ1) is 18.9. The molecule has 1 N–H and O–H groups in total.